The molecule has 0 aliphatic carbocycles. The Morgan fingerprint density at radius 3 is 2.68 bits per heavy atom. The summed E-state index contributed by atoms with van der Waals surface area (Å²) in [6.45, 7) is 6.25. The van der Waals surface area contributed by atoms with Gasteiger partial charge < -0.3 is 24.4 Å². The monoisotopic (exact) mass is 396 g/mol. The molecular formula is C21H33FN2O4. The van der Waals surface area contributed by atoms with Crippen molar-refractivity contribution in [1.82, 2.24) is 10.2 Å². The minimum absolute atomic E-state index is 0.0255. The fourth-order valence-electron chi connectivity index (χ4n) is 3.45. The summed E-state index contributed by atoms with van der Waals surface area (Å²) in [7, 11) is 1.63. The molecule has 0 aromatic heterocycles. The van der Waals surface area contributed by atoms with E-state index in [1.807, 2.05) is 18.7 Å². The van der Waals surface area contributed by atoms with Gasteiger partial charge in [-0.2, -0.15) is 0 Å². The van der Waals surface area contributed by atoms with Gasteiger partial charge in [0.05, 0.1) is 6.61 Å². The zero-order chi connectivity index (χ0) is 20.4. The number of nitrogens with zero attached hydrogens (tertiary/aromatic N) is 1. The van der Waals surface area contributed by atoms with Gasteiger partial charge in [-0.1, -0.05) is 0 Å². The Morgan fingerprint density at radius 2 is 2.04 bits per heavy atom. The van der Waals surface area contributed by atoms with Crippen LogP contribution in [0.25, 0.3) is 0 Å². The van der Waals surface area contributed by atoms with Gasteiger partial charge in [-0.3, -0.25) is 4.79 Å². The lowest BCUT2D eigenvalue weighted by molar-refractivity contribution is 0.0573. The predicted octanol–water partition coefficient (Wildman–Crippen LogP) is 3.05. The summed E-state index contributed by atoms with van der Waals surface area (Å²) < 4.78 is 28.8. The first-order chi connectivity index (χ1) is 13.6. The van der Waals surface area contributed by atoms with Crippen molar-refractivity contribution in [2.45, 2.75) is 45.2 Å². The molecule has 0 bridgehead atoms. The molecule has 0 saturated carbocycles. The van der Waals surface area contributed by atoms with Crippen molar-refractivity contribution in [1.29, 1.82) is 0 Å². The minimum atomic E-state index is -0.584. The van der Waals surface area contributed by atoms with E-state index in [0.717, 1.165) is 25.9 Å². The topological polar surface area (TPSA) is 60.0 Å². The second kappa shape index (κ2) is 11.9. The number of carbonyl (C=O) groups excluding carboxylic acids is 1. The molecule has 6 nitrogen and oxygen atoms in total. The lowest BCUT2D eigenvalue weighted by Gasteiger charge is -2.37. The fourth-order valence-corrected chi connectivity index (χ4v) is 3.45. The second-order valence-corrected chi connectivity index (χ2v) is 7.20. The van der Waals surface area contributed by atoms with Crippen molar-refractivity contribution in [3.8, 4) is 11.5 Å². The van der Waals surface area contributed by atoms with Gasteiger partial charge in [0.2, 0.25) is 0 Å². The fraction of sp³-hybridized carbons (Fsp3) is 0.667. The van der Waals surface area contributed by atoms with E-state index >= 15 is 0 Å². The molecule has 1 aliphatic heterocycles. The highest BCUT2D eigenvalue weighted by molar-refractivity contribution is 5.95. The molecule has 0 spiro atoms. The molecule has 1 aromatic carbocycles. The van der Waals surface area contributed by atoms with E-state index in [0.29, 0.717) is 36.7 Å². The number of piperidine rings is 1. The largest absolute Gasteiger partial charge is 0.490 e. The molecule has 1 atom stereocenters. The number of carbonyl (C=O) groups is 1. The summed E-state index contributed by atoms with van der Waals surface area (Å²) in [5.74, 6) is 0.880. The van der Waals surface area contributed by atoms with Crippen molar-refractivity contribution in [2.24, 2.45) is 0 Å². The molecule has 2 rings (SSSR count). The maximum Gasteiger partial charge on any atom is 0.254 e. The van der Waals surface area contributed by atoms with E-state index in [4.69, 9.17) is 14.2 Å². The molecule has 1 heterocycles. The van der Waals surface area contributed by atoms with Crippen LogP contribution in [0.1, 0.15) is 43.5 Å². The number of hydrogen-bond acceptors (Lipinski definition) is 5. The maximum atomic E-state index is 13.3. The van der Waals surface area contributed by atoms with E-state index in [2.05, 4.69) is 5.32 Å². The van der Waals surface area contributed by atoms with E-state index in [1.54, 1.807) is 25.3 Å². The van der Waals surface area contributed by atoms with Gasteiger partial charge in [-0.15, -0.1) is 0 Å². The Balaban J connectivity index is 2.20. The van der Waals surface area contributed by atoms with Crippen molar-refractivity contribution in [3.05, 3.63) is 23.8 Å². The minimum Gasteiger partial charge on any atom is -0.490 e. The van der Waals surface area contributed by atoms with Gasteiger partial charge >= 0.3 is 0 Å². The Labute approximate surface area is 167 Å². The molecule has 1 N–H and O–H groups in total. The van der Waals surface area contributed by atoms with E-state index in [9.17, 15) is 9.18 Å². The van der Waals surface area contributed by atoms with Crippen LogP contribution >= 0.6 is 0 Å². The van der Waals surface area contributed by atoms with Gasteiger partial charge in [-0.05, 0) is 51.4 Å². The number of benzene rings is 1. The summed E-state index contributed by atoms with van der Waals surface area (Å²) in [6.07, 6.45) is 2.77. The highest BCUT2D eigenvalue weighted by atomic mass is 19.1. The summed E-state index contributed by atoms with van der Waals surface area (Å²) in [5.41, 5.74) is 0.550. The summed E-state index contributed by atoms with van der Waals surface area (Å²) in [6, 6.07) is 5.38. The molecule has 28 heavy (non-hydrogen) atoms. The number of nitrogens with one attached hydrogen (secondary N) is 1. The molecule has 1 fully saturated rings. The smallest absolute Gasteiger partial charge is 0.254 e. The average molecular weight is 397 g/mol. The van der Waals surface area contributed by atoms with Gasteiger partial charge in [0.25, 0.3) is 5.91 Å². The Hall–Kier alpha value is -1.86. The molecule has 7 heteroatoms. The van der Waals surface area contributed by atoms with E-state index in [1.165, 1.54) is 0 Å². The number of ether oxygens (including phenoxy) is 3. The molecule has 158 valence electrons. The van der Waals surface area contributed by atoms with Crippen LogP contribution in [0.4, 0.5) is 4.39 Å². The van der Waals surface area contributed by atoms with E-state index in [-0.39, 0.29) is 24.6 Å². The zero-order valence-electron chi connectivity index (χ0n) is 17.2. The van der Waals surface area contributed by atoms with Gasteiger partial charge in [0.15, 0.2) is 11.5 Å². The molecular weight excluding hydrogens is 363 g/mol. The van der Waals surface area contributed by atoms with Crippen LogP contribution in [0.15, 0.2) is 18.2 Å². The summed E-state index contributed by atoms with van der Waals surface area (Å²) in [5, 5.41) is 3.37. The third-order valence-corrected chi connectivity index (χ3v) is 4.73. The Bertz CT molecular complexity index is 606. The molecule has 1 amide bonds. The van der Waals surface area contributed by atoms with Crippen LogP contribution in [0.2, 0.25) is 0 Å². The van der Waals surface area contributed by atoms with Crippen molar-refractivity contribution in [3.63, 3.8) is 0 Å². The van der Waals surface area contributed by atoms with Crippen LogP contribution in [-0.2, 0) is 4.74 Å². The number of alkyl halides is 1. The summed E-state index contributed by atoms with van der Waals surface area (Å²) >= 11 is 0. The number of hydrogen-bond donors (Lipinski definition) is 1. The highest BCUT2D eigenvalue weighted by Crippen LogP contribution is 2.30. The Kier molecular flexibility index (Phi) is 9.50. The van der Waals surface area contributed by atoms with Crippen LogP contribution in [0.3, 0.4) is 0 Å². The molecule has 1 aliphatic rings. The average Bonchev–Trinajstić information content (AvgIpc) is 2.70. The van der Waals surface area contributed by atoms with Gasteiger partial charge in [0, 0.05) is 44.3 Å². The third kappa shape index (κ3) is 6.34. The van der Waals surface area contributed by atoms with Crippen molar-refractivity contribution < 1.29 is 23.4 Å². The van der Waals surface area contributed by atoms with Crippen LogP contribution in [0.5, 0.6) is 11.5 Å². The predicted molar refractivity (Wildman–Crippen MR) is 107 cm³/mol. The quantitative estimate of drug-likeness (QED) is 0.583. The van der Waals surface area contributed by atoms with Crippen LogP contribution in [0, 0.1) is 0 Å². The molecule has 1 aromatic rings. The first kappa shape index (κ1) is 22.4. The lowest BCUT2D eigenvalue weighted by Crippen LogP contribution is -2.51. The van der Waals surface area contributed by atoms with Crippen LogP contribution in [-0.4, -0.2) is 69.6 Å². The van der Waals surface area contributed by atoms with Gasteiger partial charge in [-0.25, -0.2) is 4.39 Å². The van der Waals surface area contributed by atoms with E-state index < -0.39 is 6.67 Å². The lowest BCUT2D eigenvalue weighted by atomic mass is 10.0. The van der Waals surface area contributed by atoms with Gasteiger partial charge in [0.1, 0.15) is 13.3 Å². The third-order valence-electron chi connectivity index (χ3n) is 4.73. The second-order valence-electron chi connectivity index (χ2n) is 7.20. The molecule has 1 saturated heterocycles. The first-order valence-corrected chi connectivity index (χ1v) is 10.1. The number of rotatable bonds is 11. The van der Waals surface area contributed by atoms with Crippen molar-refractivity contribution >= 4 is 5.91 Å². The SMILES string of the molecule is COCCCOc1cc(C(=O)N(C(C)C)[C@@H]2CCCNC2)ccc1OCCF. The molecule has 0 unspecified atom stereocenters. The number of methoxy groups -OCH3 is 1. The van der Waals surface area contributed by atoms with Crippen LogP contribution < -0.4 is 14.8 Å². The maximum absolute atomic E-state index is 13.3. The standard InChI is InChI=1S/C21H33FN2O4/c1-16(2)24(18-6-4-10-23-15-18)21(25)17-7-8-19(28-13-9-22)20(14-17)27-12-5-11-26-3/h7-8,14,16,18,23H,4-6,9-13,15H2,1-3H3/t18-/m1/s1. The zero-order valence-corrected chi connectivity index (χ0v) is 17.2. The first-order valence-electron chi connectivity index (χ1n) is 10.1. The highest BCUT2D eigenvalue weighted by Gasteiger charge is 2.28. The number of halogens is 1. The number of amides is 1. The van der Waals surface area contributed by atoms with Crippen molar-refractivity contribution in [2.75, 3.05) is 46.7 Å². The summed E-state index contributed by atoms with van der Waals surface area (Å²) in [4.78, 5) is 15.2. The normalized spacial score (nSPS) is 16.8. The molecule has 0 radical (unpaired) electrons. The Morgan fingerprint density at radius 1 is 1.25 bits per heavy atom.